The van der Waals surface area contributed by atoms with E-state index in [0.717, 1.165) is 0 Å². The third-order valence-electron chi connectivity index (χ3n) is 2.44. The zero-order chi connectivity index (χ0) is 12.6. The highest BCUT2D eigenvalue weighted by Gasteiger charge is 2.09. The van der Waals surface area contributed by atoms with Gasteiger partial charge in [0.1, 0.15) is 0 Å². The molecule has 0 unspecified atom stereocenters. The highest BCUT2D eigenvalue weighted by molar-refractivity contribution is 5.77. The minimum atomic E-state index is 0.596. The summed E-state index contributed by atoms with van der Waals surface area (Å²) in [6.07, 6.45) is 10.8. The van der Waals surface area contributed by atoms with E-state index in [1.165, 1.54) is 17.4 Å². The summed E-state index contributed by atoms with van der Waals surface area (Å²) in [7, 11) is 0. The van der Waals surface area contributed by atoms with Crippen molar-refractivity contribution < 1.29 is 0 Å². The maximum atomic E-state index is 5.07. The second-order valence-corrected chi connectivity index (χ2v) is 4.51. The van der Waals surface area contributed by atoms with Crippen LogP contribution in [0.5, 0.6) is 0 Å². The molecule has 0 spiro atoms. The van der Waals surface area contributed by atoms with Gasteiger partial charge in [-0.1, -0.05) is 56.9 Å². The predicted octanol–water partition coefficient (Wildman–Crippen LogP) is 3.88. The molecule has 0 saturated heterocycles. The van der Waals surface area contributed by atoms with Crippen LogP contribution in [0.3, 0.4) is 0 Å². The van der Waals surface area contributed by atoms with E-state index in [4.69, 9.17) is 6.42 Å². The lowest BCUT2D eigenvalue weighted by Gasteiger charge is -2.17. The first-order valence-corrected chi connectivity index (χ1v) is 5.82. The smallest absolute Gasteiger partial charge is 0.0712 e. The monoisotopic (exact) mass is 217 g/mol. The summed E-state index contributed by atoms with van der Waals surface area (Å²) in [6, 6.07) is 0. The molecule has 0 rings (SSSR count). The Morgan fingerprint density at radius 3 is 2.25 bits per heavy atom. The van der Waals surface area contributed by atoms with Gasteiger partial charge in [-0.3, -0.25) is 4.99 Å². The van der Waals surface area contributed by atoms with Crippen molar-refractivity contribution in [3.05, 3.63) is 23.3 Å². The Balaban J connectivity index is 4.61. The first-order valence-electron chi connectivity index (χ1n) is 5.82. The van der Waals surface area contributed by atoms with Crippen molar-refractivity contribution >= 4 is 6.21 Å². The molecule has 0 atom stereocenters. The normalized spacial score (nSPS) is 11.6. The van der Waals surface area contributed by atoms with E-state index in [2.05, 4.69) is 51.6 Å². The third-order valence-corrected chi connectivity index (χ3v) is 2.44. The molecule has 0 bridgehead atoms. The van der Waals surface area contributed by atoms with Crippen LogP contribution >= 0.6 is 0 Å². The minimum Gasteiger partial charge on any atom is -0.280 e. The van der Waals surface area contributed by atoms with Gasteiger partial charge in [0.15, 0.2) is 0 Å². The average molecular weight is 217 g/mol. The third kappa shape index (κ3) is 5.56. The Hall–Kier alpha value is -1.29. The molecule has 0 saturated carbocycles. The second kappa shape index (κ2) is 7.93. The van der Waals surface area contributed by atoms with Gasteiger partial charge in [-0.25, -0.2) is 0 Å². The van der Waals surface area contributed by atoms with E-state index in [9.17, 15) is 0 Å². The van der Waals surface area contributed by atoms with Crippen LogP contribution in [-0.4, -0.2) is 12.8 Å². The number of aliphatic imine (C=N–C) groups is 1. The maximum absolute atomic E-state index is 5.07. The highest BCUT2D eigenvalue weighted by atomic mass is 14.7. The highest BCUT2D eigenvalue weighted by Crippen LogP contribution is 2.23. The Kier molecular flexibility index (Phi) is 7.29. The van der Waals surface area contributed by atoms with Crippen LogP contribution in [0, 0.1) is 24.2 Å². The van der Waals surface area contributed by atoms with Gasteiger partial charge in [-0.05, 0) is 18.8 Å². The van der Waals surface area contributed by atoms with E-state index >= 15 is 0 Å². The van der Waals surface area contributed by atoms with Gasteiger partial charge in [0.25, 0.3) is 0 Å². The number of terminal acetylenes is 1. The van der Waals surface area contributed by atoms with Gasteiger partial charge in [0.05, 0.1) is 12.8 Å². The lowest BCUT2D eigenvalue weighted by atomic mass is 9.88. The van der Waals surface area contributed by atoms with Gasteiger partial charge in [-0.15, -0.1) is 6.42 Å². The van der Waals surface area contributed by atoms with Gasteiger partial charge in [0, 0.05) is 0 Å². The van der Waals surface area contributed by atoms with Gasteiger partial charge < -0.3 is 0 Å². The van der Waals surface area contributed by atoms with Crippen molar-refractivity contribution in [1.82, 2.24) is 0 Å². The van der Waals surface area contributed by atoms with E-state index in [1.807, 2.05) is 6.08 Å². The van der Waals surface area contributed by atoms with E-state index in [0.29, 0.717) is 18.4 Å². The molecule has 0 radical (unpaired) electrons. The molecule has 0 aliphatic carbocycles. The van der Waals surface area contributed by atoms with Gasteiger partial charge in [-0.2, -0.15) is 0 Å². The predicted molar refractivity (Wildman–Crippen MR) is 73.7 cm³/mol. The van der Waals surface area contributed by atoms with Crippen LogP contribution in [0.2, 0.25) is 0 Å². The van der Waals surface area contributed by atoms with Crippen molar-refractivity contribution in [2.75, 3.05) is 6.54 Å². The molecule has 88 valence electrons. The van der Waals surface area contributed by atoms with Gasteiger partial charge in [0.2, 0.25) is 0 Å². The quantitative estimate of drug-likeness (QED) is 0.376. The Labute approximate surface area is 100 Å². The number of hydrogen-bond acceptors (Lipinski definition) is 1. The second-order valence-electron chi connectivity index (χ2n) is 4.51. The minimum absolute atomic E-state index is 0.596. The van der Waals surface area contributed by atoms with Gasteiger partial charge >= 0.3 is 0 Å². The van der Waals surface area contributed by atoms with Crippen molar-refractivity contribution in [2.45, 2.75) is 34.6 Å². The number of rotatable bonds is 5. The van der Waals surface area contributed by atoms with E-state index in [-0.39, 0.29) is 0 Å². The fourth-order valence-corrected chi connectivity index (χ4v) is 2.07. The molecule has 1 nitrogen and oxygen atoms in total. The lowest BCUT2D eigenvalue weighted by Crippen LogP contribution is -2.04. The molecule has 0 aromatic carbocycles. The molecule has 0 heterocycles. The van der Waals surface area contributed by atoms with Crippen LogP contribution < -0.4 is 0 Å². The Morgan fingerprint density at radius 1 is 1.25 bits per heavy atom. The first-order chi connectivity index (χ1) is 7.50. The summed E-state index contributed by atoms with van der Waals surface area (Å²) < 4.78 is 0. The number of hydrogen-bond donors (Lipinski definition) is 0. The lowest BCUT2D eigenvalue weighted by molar-refractivity contribution is 0.618. The molecular formula is C15H23N. The number of allylic oxidation sites excluding steroid dienone is 3. The van der Waals surface area contributed by atoms with Crippen LogP contribution in [0.1, 0.15) is 34.6 Å². The molecule has 0 fully saturated rings. The van der Waals surface area contributed by atoms with Crippen LogP contribution in [-0.2, 0) is 0 Å². The largest absolute Gasteiger partial charge is 0.280 e. The van der Waals surface area contributed by atoms with E-state index in [1.54, 1.807) is 0 Å². The van der Waals surface area contributed by atoms with E-state index < -0.39 is 0 Å². The summed E-state index contributed by atoms with van der Waals surface area (Å²) in [5, 5.41) is 0. The zero-order valence-electron chi connectivity index (χ0n) is 11.1. The molecular weight excluding hydrogens is 194 g/mol. The molecule has 0 N–H and O–H groups in total. The molecule has 0 aliphatic rings. The SMILES string of the molecule is C#CC=NC/C=C\C(C)=C(C(C)C)C(C)C. The first kappa shape index (κ1) is 14.7. The van der Waals surface area contributed by atoms with Crippen molar-refractivity contribution in [3.8, 4) is 12.3 Å². The average Bonchev–Trinajstić information content (AvgIpc) is 2.16. The van der Waals surface area contributed by atoms with Crippen LogP contribution in [0.15, 0.2) is 28.3 Å². The molecule has 1 heteroatoms. The fraction of sp³-hybridized carbons (Fsp3) is 0.533. The van der Waals surface area contributed by atoms with Crippen molar-refractivity contribution in [3.63, 3.8) is 0 Å². The molecule has 0 aromatic rings. The maximum Gasteiger partial charge on any atom is 0.0712 e. The standard InChI is InChI=1S/C15H23N/c1-7-10-16-11-8-9-14(6)15(12(2)3)13(4)5/h1,8-10,12-13H,11H2,2-6H3/b9-8-,16-10?. The Bertz CT molecular complexity index is 312. The zero-order valence-corrected chi connectivity index (χ0v) is 11.1. The molecule has 0 amide bonds. The summed E-state index contributed by atoms with van der Waals surface area (Å²) in [5.41, 5.74) is 2.86. The summed E-state index contributed by atoms with van der Waals surface area (Å²) in [4.78, 5) is 4.04. The van der Waals surface area contributed by atoms with Crippen LogP contribution in [0.25, 0.3) is 0 Å². The molecule has 16 heavy (non-hydrogen) atoms. The topological polar surface area (TPSA) is 12.4 Å². The summed E-state index contributed by atoms with van der Waals surface area (Å²) in [6.45, 7) is 11.8. The summed E-state index contributed by atoms with van der Waals surface area (Å²) >= 11 is 0. The van der Waals surface area contributed by atoms with Crippen LogP contribution in [0.4, 0.5) is 0 Å². The van der Waals surface area contributed by atoms with Crippen molar-refractivity contribution in [2.24, 2.45) is 16.8 Å². The summed E-state index contributed by atoms with van der Waals surface area (Å²) in [5.74, 6) is 3.57. The molecule has 0 aliphatic heterocycles. The fourth-order valence-electron chi connectivity index (χ4n) is 2.07. The van der Waals surface area contributed by atoms with Crippen molar-refractivity contribution in [1.29, 1.82) is 0 Å². The molecule has 0 aromatic heterocycles. The Morgan fingerprint density at radius 2 is 1.81 bits per heavy atom. The number of nitrogens with zero attached hydrogens (tertiary/aromatic N) is 1.